The quantitative estimate of drug-likeness (QED) is 0.703. The molecule has 0 fully saturated rings. The summed E-state index contributed by atoms with van der Waals surface area (Å²) in [4.78, 5) is 10.5. The monoisotopic (exact) mass is 226 g/mol. The maximum absolute atomic E-state index is 10.5. The number of halogens is 2. The van der Waals surface area contributed by atoms with E-state index in [4.69, 9.17) is 23.2 Å². The highest BCUT2D eigenvalue weighted by molar-refractivity contribution is 6.38. The van der Waals surface area contributed by atoms with Gasteiger partial charge in [0.1, 0.15) is 6.29 Å². The molecule has 70 valence electrons. The maximum atomic E-state index is 10.5. The molecule has 0 amide bonds. The summed E-state index contributed by atoms with van der Waals surface area (Å²) in [6.07, 6.45) is 0.740. The van der Waals surface area contributed by atoms with Crippen molar-refractivity contribution in [1.82, 2.24) is 10.2 Å². The number of fused-ring (bicyclic) bond motifs is 1. The van der Waals surface area contributed by atoms with Gasteiger partial charge in [-0.1, -0.05) is 35.3 Å². The van der Waals surface area contributed by atoms with Gasteiger partial charge in [-0.15, -0.1) is 10.2 Å². The molecule has 14 heavy (non-hydrogen) atoms. The predicted octanol–water partition coefficient (Wildman–Crippen LogP) is 2.75. The van der Waals surface area contributed by atoms with Crippen LogP contribution in [-0.2, 0) is 0 Å². The molecule has 5 heteroatoms. The minimum atomic E-state index is 0.244. The van der Waals surface area contributed by atoms with E-state index in [0.717, 1.165) is 6.29 Å². The van der Waals surface area contributed by atoms with E-state index in [-0.39, 0.29) is 10.3 Å². The summed E-state index contributed by atoms with van der Waals surface area (Å²) in [7, 11) is 0. The second-order valence-electron chi connectivity index (χ2n) is 2.70. The second kappa shape index (κ2) is 3.52. The molecule has 0 saturated carbocycles. The third-order valence-electron chi connectivity index (χ3n) is 1.85. The number of nitrogens with zero attached hydrogens (tertiary/aromatic N) is 2. The van der Waals surface area contributed by atoms with Crippen molar-refractivity contribution < 1.29 is 4.79 Å². The Balaban J connectivity index is 2.86. The van der Waals surface area contributed by atoms with Crippen molar-refractivity contribution in [2.24, 2.45) is 0 Å². The van der Waals surface area contributed by atoms with Gasteiger partial charge in [-0.05, 0) is 6.07 Å². The van der Waals surface area contributed by atoms with Gasteiger partial charge in [0.05, 0.1) is 0 Å². The van der Waals surface area contributed by atoms with Gasteiger partial charge in [-0.2, -0.15) is 0 Å². The normalized spacial score (nSPS) is 10.4. The first kappa shape index (κ1) is 9.37. The minimum absolute atomic E-state index is 0.244. The van der Waals surface area contributed by atoms with Crippen LogP contribution < -0.4 is 0 Å². The summed E-state index contributed by atoms with van der Waals surface area (Å²) in [5.41, 5.74) is 0.531. The maximum Gasteiger partial charge on any atom is 0.159 e. The first-order chi connectivity index (χ1) is 6.72. The molecule has 0 aliphatic heterocycles. The smallest absolute Gasteiger partial charge is 0.159 e. The van der Waals surface area contributed by atoms with Crippen LogP contribution in [0.4, 0.5) is 0 Å². The van der Waals surface area contributed by atoms with Crippen LogP contribution in [0.1, 0.15) is 10.4 Å². The standard InChI is InChI=1S/C9H4Cl2N2O/c10-8-6-2-1-5(4-14)3-7(6)9(11)13-12-8/h1-4H. The van der Waals surface area contributed by atoms with Gasteiger partial charge in [0.2, 0.25) is 0 Å². The summed E-state index contributed by atoms with van der Waals surface area (Å²) < 4.78 is 0. The van der Waals surface area contributed by atoms with Crippen molar-refractivity contribution in [2.75, 3.05) is 0 Å². The molecular weight excluding hydrogens is 223 g/mol. The number of hydrogen-bond acceptors (Lipinski definition) is 3. The summed E-state index contributed by atoms with van der Waals surface area (Å²) in [5.74, 6) is 0. The van der Waals surface area contributed by atoms with Crippen LogP contribution in [0, 0.1) is 0 Å². The molecular formula is C9H4Cl2N2O. The van der Waals surface area contributed by atoms with E-state index in [1.165, 1.54) is 0 Å². The summed E-state index contributed by atoms with van der Waals surface area (Å²) in [6, 6.07) is 4.98. The molecule has 1 aromatic carbocycles. The number of carbonyl (C=O) groups is 1. The lowest BCUT2D eigenvalue weighted by Crippen LogP contribution is -1.88. The summed E-state index contributed by atoms with van der Waals surface area (Å²) >= 11 is 11.6. The molecule has 0 atom stereocenters. The van der Waals surface area contributed by atoms with Crippen LogP contribution in [0.15, 0.2) is 18.2 Å². The van der Waals surface area contributed by atoms with Crippen molar-refractivity contribution in [1.29, 1.82) is 0 Å². The van der Waals surface area contributed by atoms with Crippen LogP contribution in [-0.4, -0.2) is 16.5 Å². The fraction of sp³-hybridized carbons (Fsp3) is 0. The number of hydrogen-bond donors (Lipinski definition) is 0. The SMILES string of the molecule is O=Cc1ccc2c(Cl)nnc(Cl)c2c1. The van der Waals surface area contributed by atoms with Crippen LogP contribution in [0.5, 0.6) is 0 Å². The van der Waals surface area contributed by atoms with Crippen LogP contribution in [0.25, 0.3) is 10.8 Å². The molecule has 0 N–H and O–H groups in total. The third kappa shape index (κ3) is 1.45. The average molecular weight is 227 g/mol. The molecule has 0 bridgehead atoms. The van der Waals surface area contributed by atoms with Crippen molar-refractivity contribution in [3.8, 4) is 0 Å². The molecule has 0 saturated heterocycles. The zero-order valence-corrected chi connectivity index (χ0v) is 8.38. The molecule has 0 aliphatic rings. The highest BCUT2D eigenvalue weighted by Crippen LogP contribution is 2.26. The molecule has 1 aromatic heterocycles. The van der Waals surface area contributed by atoms with E-state index >= 15 is 0 Å². The fourth-order valence-electron chi connectivity index (χ4n) is 1.18. The Morgan fingerprint density at radius 1 is 1.07 bits per heavy atom. The van der Waals surface area contributed by atoms with Crippen LogP contribution >= 0.6 is 23.2 Å². The Bertz CT molecular complexity index is 513. The lowest BCUT2D eigenvalue weighted by molar-refractivity contribution is 0.112. The first-order valence-corrected chi connectivity index (χ1v) is 4.54. The Hall–Kier alpha value is -1.19. The Morgan fingerprint density at radius 3 is 2.36 bits per heavy atom. The summed E-state index contributed by atoms with van der Waals surface area (Å²) in [6.45, 7) is 0. The fourth-order valence-corrected chi connectivity index (χ4v) is 1.58. The molecule has 2 aromatic rings. The van der Waals surface area contributed by atoms with Gasteiger partial charge in [-0.3, -0.25) is 4.79 Å². The number of carbonyl (C=O) groups excluding carboxylic acids is 1. The van der Waals surface area contributed by atoms with Gasteiger partial charge < -0.3 is 0 Å². The van der Waals surface area contributed by atoms with E-state index in [2.05, 4.69) is 10.2 Å². The van der Waals surface area contributed by atoms with Crippen molar-refractivity contribution in [2.45, 2.75) is 0 Å². The second-order valence-corrected chi connectivity index (χ2v) is 3.42. The van der Waals surface area contributed by atoms with Crippen molar-refractivity contribution >= 4 is 40.3 Å². The molecule has 1 heterocycles. The topological polar surface area (TPSA) is 42.9 Å². The highest BCUT2D eigenvalue weighted by atomic mass is 35.5. The van der Waals surface area contributed by atoms with Gasteiger partial charge >= 0.3 is 0 Å². The third-order valence-corrected chi connectivity index (χ3v) is 2.41. The zero-order valence-electron chi connectivity index (χ0n) is 6.87. The van der Waals surface area contributed by atoms with E-state index in [9.17, 15) is 4.79 Å². The number of benzene rings is 1. The number of aldehydes is 1. The molecule has 2 rings (SSSR count). The van der Waals surface area contributed by atoms with E-state index in [1.54, 1.807) is 18.2 Å². The summed E-state index contributed by atoms with van der Waals surface area (Å²) in [5, 5.41) is 9.16. The Kier molecular flexibility index (Phi) is 2.35. The average Bonchev–Trinajstić information content (AvgIpc) is 2.23. The molecule has 0 spiro atoms. The Morgan fingerprint density at radius 2 is 1.71 bits per heavy atom. The van der Waals surface area contributed by atoms with Crippen LogP contribution in [0.2, 0.25) is 10.3 Å². The van der Waals surface area contributed by atoms with Gasteiger partial charge in [0.15, 0.2) is 10.3 Å². The van der Waals surface area contributed by atoms with Gasteiger partial charge in [0, 0.05) is 16.3 Å². The number of rotatable bonds is 1. The lowest BCUT2D eigenvalue weighted by Gasteiger charge is -2.00. The van der Waals surface area contributed by atoms with Crippen molar-refractivity contribution in [3.05, 3.63) is 34.1 Å². The van der Waals surface area contributed by atoms with Crippen molar-refractivity contribution in [3.63, 3.8) is 0 Å². The number of aromatic nitrogens is 2. The molecule has 0 unspecified atom stereocenters. The first-order valence-electron chi connectivity index (χ1n) is 3.79. The van der Waals surface area contributed by atoms with E-state index in [0.29, 0.717) is 16.3 Å². The van der Waals surface area contributed by atoms with E-state index < -0.39 is 0 Å². The highest BCUT2D eigenvalue weighted by Gasteiger charge is 2.06. The van der Waals surface area contributed by atoms with E-state index in [1.807, 2.05) is 0 Å². The van der Waals surface area contributed by atoms with Gasteiger partial charge in [-0.25, -0.2) is 0 Å². The van der Waals surface area contributed by atoms with Gasteiger partial charge in [0.25, 0.3) is 0 Å². The van der Waals surface area contributed by atoms with Crippen LogP contribution in [0.3, 0.4) is 0 Å². The Labute approximate surface area is 89.7 Å². The zero-order chi connectivity index (χ0) is 10.1. The minimum Gasteiger partial charge on any atom is -0.298 e. The lowest BCUT2D eigenvalue weighted by atomic mass is 10.1. The molecule has 0 aliphatic carbocycles. The largest absolute Gasteiger partial charge is 0.298 e. The predicted molar refractivity (Wildman–Crippen MR) is 54.9 cm³/mol. The molecule has 3 nitrogen and oxygen atoms in total. The molecule has 0 radical (unpaired) electrons.